The second-order valence-electron chi connectivity index (χ2n) is 4.67. The molecule has 0 atom stereocenters. The Morgan fingerprint density at radius 3 is 2.65 bits per heavy atom. The van der Waals surface area contributed by atoms with E-state index in [1.807, 2.05) is 0 Å². The summed E-state index contributed by atoms with van der Waals surface area (Å²) in [5.41, 5.74) is 1.25. The first kappa shape index (κ1) is 14.9. The maximum Gasteiger partial charge on any atom is 0.429 e. The van der Waals surface area contributed by atoms with Crippen LogP contribution in [0.4, 0.5) is 5.69 Å². The van der Waals surface area contributed by atoms with Crippen LogP contribution < -0.4 is 4.18 Å². The fraction of sp³-hybridized carbons (Fsp3) is 0. The molecular weight excluding hydrogens is 320 g/mol. The van der Waals surface area contributed by atoms with E-state index >= 15 is 0 Å². The predicted molar refractivity (Wildman–Crippen MR) is 84.7 cm³/mol. The number of hydrogen-bond donors (Lipinski definition) is 0. The predicted octanol–water partition coefficient (Wildman–Crippen LogP) is 2.73. The number of benzene rings is 2. The molecule has 0 saturated carbocycles. The summed E-state index contributed by atoms with van der Waals surface area (Å²) in [4.78, 5) is 10.3. The number of fused-ring (bicyclic) bond motifs is 1. The van der Waals surface area contributed by atoms with Gasteiger partial charge in [0, 0.05) is 17.7 Å². The molecule has 0 N–H and O–H groups in total. The molecule has 3 rings (SSSR count). The standard InChI is InChI=1S/C15H10N2O5S/c18-17(19)12-5-3-4-11(10-12)8-9-14-13-6-1-2-7-15(13)22-23(20,21)16-14/h1-10H. The van der Waals surface area contributed by atoms with Crippen molar-refractivity contribution >= 4 is 27.8 Å². The molecule has 0 bridgehead atoms. The summed E-state index contributed by atoms with van der Waals surface area (Å²) in [6.07, 6.45) is 3.04. The van der Waals surface area contributed by atoms with Crippen molar-refractivity contribution in [1.82, 2.24) is 0 Å². The van der Waals surface area contributed by atoms with Gasteiger partial charge in [-0.15, -0.1) is 4.40 Å². The minimum absolute atomic E-state index is 0.0471. The number of non-ortho nitro benzene ring substituents is 1. The molecule has 0 radical (unpaired) electrons. The highest BCUT2D eigenvalue weighted by Gasteiger charge is 2.23. The van der Waals surface area contributed by atoms with Crippen LogP contribution in [0.2, 0.25) is 0 Å². The minimum Gasteiger partial charge on any atom is -0.365 e. The van der Waals surface area contributed by atoms with E-state index in [2.05, 4.69) is 4.40 Å². The lowest BCUT2D eigenvalue weighted by Crippen LogP contribution is -2.17. The third-order valence-electron chi connectivity index (χ3n) is 3.08. The lowest BCUT2D eigenvalue weighted by Gasteiger charge is -2.14. The summed E-state index contributed by atoms with van der Waals surface area (Å²) in [5.74, 6) is 0.196. The van der Waals surface area contributed by atoms with Crippen molar-refractivity contribution < 1.29 is 17.5 Å². The van der Waals surface area contributed by atoms with E-state index in [9.17, 15) is 18.5 Å². The van der Waals surface area contributed by atoms with Crippen molar-refractivity contribution in [3.63, 3.8) is 0 Å². The van der Waals surface area contributed by atoms with Gasteiger partial charge in [-0.05, 0) is 23.8 Å². The SMILES string of the molecule is O=[N+]([O-])c1cccc(C=CC2=NS(=O)(=O)Oc3ccccc32)c1. The molecule has 7 nitrogen and oxygen atoms in total. The largest absolute Gasteiger partial charge is 0.429 e. The van der Waals surface area contributed by atoms with Crippen LogP contribution in [0.15, 0.2) is 59.0 Å². The molecular formula is C15H10N2O5S. The summed E-state index contributed by atoms with van der Waals surface area (Å²) in [6.45, 7) is 0. The zero-order chi connectivity index (χ0) is 16.4. The molecule has 0 spiro atoms. The summed E-state index contributed by atoms with van der Waals surface area (Å²) < 4.78 is 31.7. The highest BCUT2D eigenvalue weighted by molar-refractivity contribution is 7.86. The van der Waals surface area contributed by atoms with E-state index in [0.717, 1.165) is 0 Å². The molecule has 116 valence electrons. The highest BCUT2D eigenvalue weighted by Crippen LogP contribution is 2.26. The monoisotopic (exact) mass is 330 g/mol. The Morgan fingerprint density at radius 1 is 1.09 bits per heavy atom. The highest BCUT2D eigenvalue weighted by atomic mass is 32.2. The Balaban J connectivity index is 2.00. The molecule has 23 heavy (non-hydrogen) atoms. The molecule has 2 aromatic rings. The maximum absolute atomic E-state index is 11.6. The maximum atomic E-state index is 11.6. The van der Waals surface area contributed by atoms with E-state index < -0.39 is 15.2 Å². The van der Waals surface area contributed by atoms with Gasteiger partial charge in [0.05, 0.1) is 10.6 Å². The van der Waals surface area contributed by atoms with Gasteiger partial charge in [-0.25, -0.2) is 0 Å². The molecule has 0 amide bonds. The van der Waals surface area contributed by atoms with Crippen LogP contribution in [0, 0.1) is 10.1 Å². The molecule has 0 saturated heterocycles. The Bertz CT molecular complexity index is 948. The van der Waals surface area contributed by atoms with Gasteiger partial charge in [-0.3, -0.25) is 10.1 Å². The lowest BCUT2D eigenvalue weighted by atomic mass is 10.1. The normalized spacial score (nSPS) is 15.6. The third-order valence-corrected chi connectivity index (χ3v) is 3.89. The third kappa shape index (κ3) is 3.27. The van der Waals surface area contributed by atoms with Crippen LogP contribution in [0.25, 0.3) is 6.08 Å². The van der Waals surface area contributed by atoms with Crippen molar-refractivity contribution in [3.05, 3.63) is 75.8 Å². The van der Waals surface area contributed by atoms with Crippen LogP contribution in [0.3, 0.4) is 0 Å². The number of para-hydroxylation sites is 1. The Morgan fingerprint density at radius 2 is 1.87 bits per heavy atom. The number of allylic oxidation sites excluding steroid dienone is 1. The van der Waals surface area contributed by atoms with Crippen LogP contribution >= 0.6 is 0 Å². The minimum atomic E-state index is -4.04. The second kappa shape index (κ2) is 5.65. The van der Waals surface area contributed by atoms with Gasteiger partial charge in [0.1, 0.15) is 0 Å². The first-order chi connectivity index (χ1) is 10.9. The summed E-state index contributed by atoms with van der Waals surface area (Å²) in [5, 5.41) is 10.8. The molecule has 2 aromatic carbocycles. The molecule has 0 fully saturated rings. The first-order valence-electron chi connectivity index (χ1n) is 6.51. The van der Waals surface area contributed by atoms with Crippen molar-refractivity contribution in [3.8, 4) is 5.75 Å². The van der Waals surface area contributed by atoms with Gasteiger partial charge in [0.2, 0.25) is 0 Å². The van der Waals surface area contributed by atoms with Gasteiger partial charge < -0.3 is 4.18 Å². The van der Waals surface area contributed by atoms with Crippen molar-refractivity contribution in [2.24, 2.45) is 4.40 Å². The molecule has 1 heterocycles. The zero-order valence-corrected chi connectivity index (χ0v) is 12.4. The molecule has 8 heteroatoms. The molecule has 0 unspecified atom stereocenters. The molecule has 1 aliphatic rings. The van der Waals surface area contributed by atoms with Gasteiger partial charge in [-0.1, -0.05) is 30.3 Å². The number of nitro benzene ring substituents is 1. The van der Waals surface area contributed by atoms with Crippen LogP contribution in [-0.2, 0) is 10.3 Å². The van der Waals surface area contributed by atoms with Gasteiger partial charge in [-0.2, -0.15) is 8.42 Å². The smallest absolute Gasteiger partial charge is 0.365 e. The van der Waals surface area contributed by atoms with Crippen LogP contribution in [-0.4, -0.2) is 19.1 Å². The van der Waals surface area contributed by atoms with Gasteiger partial charge >= 0.3 is 10.3 Å². The van der Waals surface area contributed by atoms with E-state index in [-0.39, 0.29) is 17.1 Å². The number of nitrogens with zero attached hydrogens (tertiary/aromatic N) is 2. The van der Waals surface area contributed by atoms with Crippen molar-refractivity contribution in [2.45, 2.75) is 0 Å². The van der Waals surface area contributed by atoms with E-state index in [0.29, 0.717) is 11.1 Å². The van der Waals surface area contributed by atoms with E-state index in [1.165, 1.54) is 24.3 Å². The van der Waals surface area contributed by atoms with Crippen molar-refractivity contribution in [1.29, 1.82) is 0 Å². The second-order valence-corrected chi connectivity index (χ2v) is 5.87. The fourth-order valence-corrected chi connectivity index (χ4v) is 2.90. The van der Waals surface area contributed by atoms with Crippen LogP contribution in [0.1, 0.15) is 11.1 Å². The van der Waals surface area contributed by atoms with Crippen LogP contribution in [0.5, 0.6) is 5.75 Å². The lowest BCUT2D eigenvalue weighted by molar-refractivity contribution is -0.384. The molecule has 0 aromatic heterocycles. The number of nitro groups is 1. The quantitative estimate of drug-likeness (QED) is 0.636. The average molecular weight is 330 g/mol. The first-order valence-corrected chi connectivity index (χ1v) is 7.87. The fourth-order valence-electron chi connectivity index (χ4n) is 2.09. The van der Waals surface area contributed by atoms with E-state index in [4.69, 9.17) is 4.18 Å². The topological polar surface area (TPSA) is 98.9 Å². The molecule has 0 aliphatic carbocycles. The summed E-state index contributed by atoms with van der Waals surface area (Å²) >= 11 is 0. The zero-order valence-electron chi connectivity index (χ0n) is 11.6. The summed E-state index contributed by atoms with van der Waals surface area (Å²) in [7, 11) is -4.04. The number of hydrogen-bond acceptors (Lipinski definition) is 5. The average Bonchev–Trinajstić information content (AvgIpc) is 2.52. The molecule has 1 aliphatic heterocycles. The Kier molecular flexibility index (Phi) is 3.67. The Labute approximate surface area is 132 Å². The Hall–Kier alpha value is -3.00. The number of rotatable bonds is 3. The van der Waals surface area contributed by atoms with Gasteiger partial charge in [0.15, 0.2) is 5.75 Å². The van der Waals surface area contributed by atoms with E-state index in [1.54, 1.807) is 36.4 Å². The van der Waals surface area contributed by atoms with Crippen molar-refractivity contribution in [2.75, 3.05) is 0 Å². The van der Waals surface area contributed by atoms with Gasteiger partial charge in [0.25, 0.3) is 5.69 Å². The summed E-state index contributed by atoms with van der Waals surface area (Å²) in [6, 6.07) is 12.6.